The molecule has 1 aliphatic heterocycles. The monoisotopic (exact) mass is 254 g/mol. The number of amidine groups is 1. The highest BCUT2D eigenvalue weighted by atomic mass is 32.2. The van der Waals surface area contributed by atoms with E-state index in [0.717, 1.165) is 0 Å². The topological polar surface area (TPSA) is 24.4 Å². The van der Waals surface area contributed by atoms with E-state index < -0.39 is 0 Å². The smallest absolute Gasteiger partial charge is 0.157 e. The Morgan fingerprint density at radius 2 is 1.94 bits per heavy atom. The second-order valence-corrected chi connectivity index (χ2v) is 7.88. The van der Waals surface area contributed by atoms with Gasteiger partial charge in [-0.2, -0.15) is 0 Å². The molecule has 2 fully saturated rings. The SMILES string of the molecule is CC1(C)CCSC(=NC2CCCCC2(C)C)N1. The molecule has 17 heavy (non-hydrogen) atoms. The third kappa shape index (κ3) is 3.40. The zero-order valence-electron chi connectivity index (χ0n) is 11.7. The van der Waals surface area contributed by atoms with Crippen molar-refractivity contribution in [3.63, 3.8) is 0 Å². The largest absolute Gasteiger partial charge is 0.360 e. The van der Waals surface area contributed by atoms with Crippen LogP contribution in [0, 0.1) is 5.41 Å². The van der Waals surface area contributed by atoms with Crippen molar-refractivity contribution in [2.75, 3.05) is 5.75 Å². The molecule has 1 N–H and O–H groups in total. The maximum absolute atomic E-state index is 5.01. The molecule has 0 amide bonds. The van der Waals surface area contributed by atoms with Gasteiger partial charge in [0.05, 0.1) is 6.04 Å². The highest BCUT2D eigenvalue weighted by Crippen LogP contribution is 2.38. The van der Waals surface area contributed by atoms with Gasteiger partial charge in [0.2, 0.25) is 0 Å². The van der Waals surface area contributed by atoms with Crippen molar-refractivity contribution in [3.8, 4) is 0 Å². The van der Waals surface area contributed by atoms with Gasteiger partial charge >= 0.3 is 0 Å². The van der Waals surface area contributed by atoms with Crippen molar-refractivity contribution in [3.05, 3.63) is 0 Å². The number of rotatable bonds is 1. The molecule has 0 radical (unpaired) electrons. The van der Waals surface area contributed by atoms with Crippen molar-refractivity contribution < 1.29 is 0 Å². The van der Waals surface area contributed by atoms with Gasteiger partial charge in [0, 0.05) is 11.3 Å². The Labute approximate surface area is 110 Å². The van der Waals surface area contributed by atoms with E-state index in [9.17, 15) is 0 Å². The minimum atomic E-state index is 0.225. The molecule has 2 aliphatic rings. The van der Waals surface area contributed by atoms with Crippen molar-refractivity contribution in [1.82, 2.24) is 5.32 Å². The lowest BCUT2D eigenvalue weighted by Gasteiger charge is -2.38. The van der Waals surface area contributed by atoms with Crippen LogP contribution in [-0.4, -0.2) is 22.5 Å². The molecule has 2 rings (SSSR count). The summed E-state index contributed by atoms with van der Waals surface area (Å²) in [4.78, 5) is 5.01. The Morgan fingerprint density at radius 1 is 1.18 bits per heavy atom. The Morgan fingerprint density at radius 3 is 2.59 bits per heavy atom. The summed E-state index contributed by atoms with van der Waals surface area (Å²) in [7, 11) is 0. The van der Waals surface area contributed by atoms with Crippen LogP contribution >= 0.6 is 11.8 Å². The number of hydrogen-bond donors (Lipinski definition) is 1. The Kier molecular flexibility index (Phi) is 3.77. The molecule has 0 spiro atoms. The first-order valence-electron chi connectivity index (χ1n) is 6.88. The number of thioether (sulfide) groups is 1. The minimum absolute atomic E-state index is 0.225. The number of aliphatic imine (C=N–C) groups is 1. The van der Waals surface area contributed by atoms with Gasteiger partial charge in [-0.3, -0.25) is 4.99 Å². The average Bonchev–Trinajstić information content (AvgIpc) is 2.20. The van der Waals surface area contributed by atoms with Crippen molar-refractivity contribution in [2.24, 2.45) is 10.4 Å². The van der Waals surface area contributed by atoms with Crippen LogP contribution in [0.1, 0.15) is 59.8 Å². The summed E-state index contributed by atoms with van der Waals surface area (Å²) in [5.74, 6) is 1.20. The lowest BCUT2D eigenvalue weighted by atomic mass is 9.73. The summed E-state index contributed by atoms with van der Waals surface area (Å²) >= 11 is 1.90. The highest BCUT2D eigenvalue weighted by molar-refractivity contribution is 8.13. The van der Waals surface area contributed by atoms with E-state index in [0.29, 0.717) is 11.5 Å². The molecule has 1 atom stereocenters. The molecule has 2 nitrogen and oxygen atoms in total. The predicted octanol–water partition coefficient (Wildman–Crippen LogP) is 3.82. The van der Waals surface area contributed by atoms with Crippen molar-refractivity contribution in [2.45, 2.75) is 71.4 Å². The Balaban J connectivity index is 2.07. The molecule has 3 heteroatoms. The summed E-state index contributed by atoms with van der Waals surface area (Å²) in [6, 6.07) is 0.514. The molecule has 1 unspecified atom stereocenters. The van der Waals surface area contributed by atoms with Crippen molar-refractivity contribution in [1.29, 1.82) is 0 Å². The fourth-order valence-corrected chi connectivity index (χ4v) is 4.07. The van der Waals surface area contributed by atoms with Crippen LogP contribution < -0.4 is 5.32 Å². The van der Waals surface area contributed by atoms with Crippen LogP contribution in [0.3, 0.4) is 0 Å². The normalized spacial score (nSPS) is 34.4. The predicted molar refractivity (Wildman–Crippen MR) is 77.8 cm³/mol. The van der Waals surface area contributed by atoms with Crippen molar-refractivity contribution >= 4 is 16.9 Å². The van der Waals surface area contributed by atoms with Gasteiger partial charge in [-0.15, -0.1) is 0 Å². The standard InChI is InChI=1S/C14H26N2S/c1-13(2)8-6-5-7-11(13)15-12-16-14(3,4)9-10-17-12/h11H,5-10H2,1-4H3,(H,15,16). The second-order valence-electron chi connectivity index (χ2n) is 6.79. The van der Waals surface area contributed by atoms with Crippen LogP contribution in [0.25, 0.3) is 0 Å². The summed E-state index contributed by atoms with van der Waals surface area (Å²) in [5, 5.41) is 4.77. The van der Waals surface area contributed by atoms with E-state index >= 15 is 0 Å². The van der Waals surface area contributed by atoms with Crippen LogP contribution in [0.15, 0.2) is 4.99 Å². The van der Waals surface area contributed by atoms with Gasteiger partial charge < -0.3 is 5.32 Å². The van der Waals surface area contributed by atoms with E-state index in [2.05, 4.69) is 33.0 Å². The third-order valence-electron chi connectivity index (χ3n) is 4.14. The fraction of sp³-hybridized carbons (Fsp3) is 0.929. The second kappa shape index (κ2) is 4.83. The van der Waals surface area contributed by atoms with E-state index in [4.69, 9.17) is 4.99 Å². The molecule has 1 saturated carbocycles. The molecule has 98 valence electrons. The van der Waals surface area contributed by atoms with E-state index in [1.807, 2.05) is 11.8 Å². The highest BCUT2D eigenvalue weighted by Gasteiger charge is 2.33. The molecule has 1 aliphatic carbocycles. The first kappa shape index (κ1) is 13.3. The lowest BCUT2D eigenvalue weighted by molar-refractivity contribution is 0.203. The zero-order chi connectivity index (χ0) is 12.5. The number of nitrogens with one attached hydrogen (secondary N) is 1. The summed E-state index contributed by atoms with van der Waals surface area (Å²) < 4.78 is 0. The van der Waals surface area contributed by atoms with E-state index in [1.54, 1.807) is 0 Å². The van der Waals surface area contributed by atoms with Crippen LogP contribution in [0.2, 0.25) is 0 Å². The Hall–Kier alpha value is -0.180. The molecule has 0 aromatic carbocycles. The van der Waals surface area contributed by atoms with Gasteiger partial charge in [-0.25, -0.2) is 0 Å². The maximum Gasteiger partial charge on any atom is 0.157 e. The molecule has 0 aromatic rings. The summed E-state index contributed by atoms with van der Waals surface area (Å²) in [5.41, 5.74) is 0.609. The van der Waals surface area contributed by atoms with Gasteiger partial charge in [-0.1, -0.05) is 38.5 Å². The lowest BCUT2D eigenvalue weighted by Crippen LogP contribution is -2.47. The maximum atomic E-state index is 5.01. The fourth-order valence-electron chi connectivity index (χ4n) is 2.72. The molecule has 0 aromatic heterocycles. The van der Waals surface area contributed by atoms with Crippen LogP contribution in [0.4, 0.5) is 0 Å². The molecule has 0 bridgehead atoms. The molecule has 1 saturated heterocycles. The van der Waals surface area contributed by atoms with Gasteiger partial charge in [0.25, 0.3) is 0 Å². The van der Waals surface area contributed by atoms with Gasteiger partial charge in [-0.05, 0) is 38.5 Å². The van der Waals surface area contributed by atoms with E-state index in [1.165, 1.54) is 43.0 Å². The third-order valence-corrected chi connectivity index (χ3v) is 5.02. The summed E-state index contributed by atoms with van der Waals surface area (Å²) in [6.45, 7) is 9.29. The number of nitrogens with zero attached hydrogens (tertiary/aromatic N) is 1. The first-order chi connectivity index (χ1) is 7.89. The molecule has 1 heterocycles. The zero-order valence-corrected chi connectivity index (χ0v) is 12.5. The molecular weight excluding hydrogens is 228 g/mol. The Bertz CT molecular complexity index is 307. The quantitative estimate of drug-likeness (QED) is 0.769. The first-order valence-corrected chi connectivity index (χ1v) is 7.86. The summed E-state index contributed by atoms with van der Waals surface area (Å²) in [6.07, 6.45) is 6.53. The van der Waals surface area contributed by atoms with Gasteiger partial charge in [0.1, 0.15) is 0 Å². The number of hydrogen-bond acceptors (Lipinski definition) is 2. The van der Waals surface area contributed by atoms with Crippen LogP contribution in [0.5, 0.6) is 0 Å². The molecular formula is C14H26N2S. The van der Waals surface area contributed by atoms with Crippen LogP contribution in [-0.2, 0) is 0 Å². The van der Waals surface area contributed by atoms with Gasteiger partial charge in [0.15, 0.2) is 5.17 Å². The average molecular weight is 254 g/mol. The minimum Gasteiger partial charge on any atom is -0.360 e. The van der Waals surface area contributed by atoms with E-state index in [-0.39, 0.29) is 5.54 Å².